The van der Waals surface area contributed by atoms with Crippen LogP contribution in [0.2, 0.25) is 5.02 Å². The molecule has 1 unspecified atom stereocenters. The standard InChI is InChI=1S/C21H26ClN3O2/c1-16(18-5-7-19(22)8-6-18)23-21(26)24(2)15-17-3-9-20(10-4-17)25-11-13-27-14-12-25/h3-10,16H,11-15H2,1-2H3,(H,23,26). The normalized spacial score (nSPS) is 15.3. The lowest BCUT2D eigenvalue weighted by molar-refractivity contribution is 0.122. The minimum atomic E-state index is -0.102. The molecule has 0 aliphatic carbocycles. The molecule has 1 fully saturated rings. The van der Waals surface area contributed by atoms with Gasteiger partial charge in [0.2, 0.25) is 0 Å². The number of rotatable bonds is 5. The summed E-state index contributed by atoms with van der Waals surface area (Å²) in [6, 6.07) is 15.7. The third-order valence-electron chi connectivity index (χ3n) is 4.79. The number of nitrogens with zero attached hydrogens (tertiary/aromatic N) is 2. The number of benzene rings is 2. The molecule has 0 saturated carbocycles. The van der Waals surface area contributed by atoms with Crippen molar-refractivity contribution in [1.82, 2.24) is 10.2 Å². The molecule has 0 radical (unpaired) electrons. The van der Waals surface area contributed by atoms with E-state index in [1.807, 2.05) is 31.2 Å². The van der Waals surface area contributed by atoms with Gasteiger partial charge in [0.15, 0.2) is 0 Å². The zero-order valence-electron chi connectivity index (χ0n) is 15.8. The first-order chi connectivity index (χ1) is 13.0. The summed E-state index contributed by atoms with van der Waals surface area (Å²) in [5.41, 5.74) is 3.32. The van der Waals surface area contributed by atoms with Crippen molar-refractivity contribution in [3.63, 3.8) is 0 Å². The van der Waals surface area contributed by atoms with Crippen molar-refractivity contribution in [3.05, 3.63) is 64.7 Å². The third-order valence-corrected chi connectivity index (χ3v) is 5.04. The van der Waals surface area contributed by atoms with Crippen molar-refractivity contribution in [2.45, 2.75) is 19.5 Å². The molecule has 0 bridgehead atoms. The summed E-state index contributed by atoms with van der Waals surface area (Å²) in [4.78, 5) is 16.5. The number of urea groups is 1. The number of hydrogen-bond acceptors (Lipinski definition) is 3. The number of carbonyl (C=O) groups is 1. The zero-order chi connectivity index (χ0) is 19.2. The van der Waals surface area contributed by atoms with Crippen LogP contribution >= 0.6 is 11.6 Å². The number of ether oxygens (including phenoxy) is 1. The molecule has 2 amide bonds. The van der Waals surface area contributed by atoms with E-state index in [0.717, 1.165) is 37.4 Å². The Morgan fingerprint density at radius 3 is 2.41 bits per heavy atom. The van der Waals surface area contributed by atoms with Crippen molar-refractivity contribution >= 4 is 23.3 Å². The molecule has 27 heavy (non-hydrogen) atoms. The molecule has 2 aromatic rings. The van der Waals surface area contributed by atoms with Gasteiger partial charge in [0.25, 0.3) is 0 Å². The number of amides is 2. The van der Waals surface area contributed by atoms with E-state index < -0.39 is 0 Å². The molecule has 3 rings (SSSR count). The van der Waals surface area contributed by atoms with Crippen molar-refractivity contribution < 1.29 is 9.53 Å². The minimum absolute atomic E-state index is 0.0825. The largest absolute Gasteiger partial charge is 0.378 e. The van der Waals surface area contributed by atoms with E-state index in [9.17, 15) is 4.79 Å². The molecule has 1 atom stereocenters. The Hall–Kier alpha value is -2.24. The molecule has 1 aliphatic rings. The zero-order valence-corrected chi connectivity index (χ0v) is 16.6. The molecule has 1 N–H and O–H groups in total. The summed E-state index contributed by atoms with van der Waals surface area (Å²) < 4.78 is 5.39. The van der Waals surface area contributed by atoms with E-state index >= 15 is 0 Å². The average molecular weight is 388 g/mol. The minimum Gasteiger partial charge on any atom is -0.378 e. The highest BCUT2D eigenvalue weighted by Gasteiger charge is 2.15. The fraction of sp³-hybridized carbons (Fsp3) is 0.381. The smallest absolute Gasteiger partial charge is 0.317 e. The summed E-state index contributed by atoms with van der Waals surface area (Å²) in [5.74, 6) is 0. The van der Waals surface area contributed by atoms with E-state index in [2.05, 4.69) is 34.5 Å². The van der Waals surface area contributed by atoms with E-state index in [1.54, 1.807) is 11.9 Å². The fourth-order valence-corrected chi connectivity index (χ4v) is 3.24. The highest BCUT2D eigenvalue weighted by atomic mass is 35.5. The molecule has 5 nitrogen and oxygen atoms in total. The highest BCUT2D eigenvalue weighted by Crippen LogP contribution is 2.18. The predicted octanol–water partition coefficient (Wildman–Crippen LogP) is 4.08. The summed E-state index contributed by atoms with van der Waals surface area (Å²) >= 11 is 5.92. The van der Waals surface area contributed by atoms with E-state index in [-0.39, 0.29) is 12.1 Å². The van der Waals surface area contributed by atoms with Crippen LogP contribution in [0.25, 0.3) is 0 Å². The van der Waals surface area contributed by atoms with Gasteiger partial charge in [-0.15, -0.1) is 0 Å². The number of morpholine rings is 1. The van der Waals surface area contributed by atoms with Crippen LogP contribution in [0.1, 0.15) is 24.1 Å². The number of anilines is 1. The molecule has 1 saturated heterocycles. The molecule has 0 spiro atoms. The summed E-state index contributed by atoms with van der Waals surface area (Å²) in [6.45, 7) is 5.91. The first-order valence-electron chi connectivity index (χ1n) is 9.21. The first-order valence-corrected chi connectivity index (χ1v) is 9.59. The maximum absolute atomic E-state index is 12.5. The van der Waals surface area contributed by atoms with Gasteiger partial charge >= 0.3 is 6.03 Å². The lowest BCUT2D eigenvalue weighted by Gasteiger charge is -2.29. The van der Waals surface area contributed by atoms with Crippen LogP contribution in [0.15, 0.2) is 48.5 Å². The highest BCUT2D eigenvalue weighted by molar-refractivity contribution is 6.30. The first kappa shape index (κ1) is 19.5. The van der Waals surface area contributed by atoms with Crippen LogP contribution in [-0.2, 0) is 11.3 Å². The van der Waals surface area contributed by atoms with Crippen molar-refractivity contribution in [2.24, 2.45) is 0 Å². The molecule has 0 aromatic heterocycles. The van der Waals surface area contributed by atoms with Crippen LogP contribution in [0.3, 0.4) is 0 Å². The lowest BCUT2D eigenvalue weighted by Crippen LogP contribution is -2.38. The van der Waals surface area contributed by atoms with Crippen LogP contribution in [0.5, 0.6) is 0 Å². The number of hydrogen-bond donors (Lipinski definition) is 1. The maximum atomic E-state index is 12.5. The number of carbonyl (C=O) groups excluding carboxylic acids is 1. The number of nitrogens with one attached hydrogen (secondary N) is 1. The van der Waals surface area contributed by atoms with Crippen LogP contribution in [0.4, 0.5) is 10.5 Å². The van der Waals surface area contributed by atoms with Gasteiger partial charge in [0, 0.05) is 37.4 Å². The van der Waals surface area contributed by atoms with Gasteiger partial charge in [0.1, 0.15) is 0 Å². The molecular formula is C21H26ClN3O2. The Labute approximate surface area is 165 Å². The third kappa shape index (κ3) is 5.37. The Kier molecular flexibility index (Phi) is 6.58. The van der Waals surface area contributed by atoms with Crippen LogP contribution in [0, 0.1) is 0 Å². The molecule has 2 aromatic carbocycles. The predicted molar refractivity (Wildman–Crippen MR) is 109 cm³/mol. The summed E-state index contributed by atoms with van der Waals surface area (Å²) in [5, 5.41) is 3.71. The number of halogens is 1. The van der Waals surface area contributed by atoms with E-state index in [1.165, 1.54) is 5.69 Å². The van der Waals surface area contributed by atoms with Gasteiger partial charge in [-0.05, 0) is 42.3 Å². The quantitative estimate of drug-likeness (QED) is 0.840. The van der Waals surface area contributed by atoms with Gasteiger partial charge in [0.05, 0.1) is 19.3 Å². The Bertz CT molecular complexity index is 743. The van der Waals surface area contributed by atoms with Gasteiger partial charge in [-0.2, -0.15) is 0 Å². The van der Waals surface area contributed by atoms with E-state index in [4.69, 9.17) is 16.3 Å². The Morgan fingerprint density at radius 2 is 1.78 bits per heavy atom. The fourth-order valence-electron chi connectivity index (χ4n) is 3.11. The van der Waals surface area contributed by atoms with Crippen molar-refractivity contribution in [2.75, 3.05) is 38.3 Å². The van der Waals surface area contributed by atoms with Gasteiger partial charge < -0.3 is 19.9 Å². The van der Waals surface area contributed by atoms with E-state index in [0.29, 0.717) is 11.6 Å². The topological polar surface area (TPSA) is 44.8 Å². The molecular weight excluding hydrogens is 362 g/mol. The summed E-state index contributed by atoms with van der Waals surface area (Å²) in [7, 11) is 1.81. The second-order valence-electron chi connectivity index (χ2n) is 6.84. The second-order valence-corrected chi connectivity index (χ2v) is 7.28. The molecule has 1 heterocycles. The summed E-state index contributed by atoms with van der Waals surface area (Å²) in [6.07, 6.45) is 0. The molecule has 144 valence electrons. The monoisotopic (exact) mass is 387 g/mol. The Balaban J connectivity index is 1.53. The maximum Gasteiger partial charge on any atom is 0.317 e. The molecule has 1 aliphatic heterocycles. The SMILES string of the molecule is CC(NC(=O)N(C)Cc1ccc(N2CCOCC2)cc1)c1ccc(Cl)cc1. The average Bonchev–Trinajstić information content (AvgIpc) is 2.69. The van der Waals surface area contributed by atoms with Crippen LogP contribution in [-0.4, -0.2) is 44.3 Å². The van der Waals surface area contributed by atoms with Crippen LogP contribution < -0.4 is 10.2 Å². The lowest BCUT2D eigenvalue weighted by atomic mass is 10.1. The van der Waals surface area contributed by atoms with Gasteiger partial charge in [-0.3, -0.25) is 0 Å². The van der Waals surface area contributed by atoms with Gasteiger partial charge in [-0.1, -0.05) is 35.9 Å². The van der Waals surface area contributed by atoms with Crippen molar-refractivity contribution in [1.29, 1.82) is 0 Å². The second kappa shape index (κ2) is 9.11. The Morgan fingerprint density at radius 1 is 1.15 bits per heavy atom. The van der Waals surface area contributed by atoms with Crippen molar-refractivity contribution in [3.8, 4) is 0 Å². The van der Waals surface area contributed by atoms with Gasteiger partial charge in [-0.25, -0.2) is 4.79 Å². The molecule has 6 heteroatoms.